The van der Waals surface area contributed by atoms with E-state index in [0.717, 1.165) is 22.9 Å². The molecule has 0 aliphatic rings. The highest BCUT2D eigenvalue weighted by molar-refractivity contribution is 7.92. The highest BCUT2D eigenvalue weighted by atomic mass is 32.2. The van der Waals surface area contributed by atoms with Crippen molar-refractivity contribution in [1.82, 2.24) is 14.8 Å². The average Bonchev–Trinajstić information content (AvgIpc) is 2.39. The molecule has 0 fully saturated rings. The van der Waals surface area contributed by atoms with Gasteiger partial charge in [0.15, 0.2) is 11.5 Å². The van der Waals surface area contributed by atoms with Crippen LogP contribution >= 0.6 is 0 Å². The summed E-state index contributed by atoms with van der Waals surface area (Å²) in [5.74, 6) is 0.329. The Kier molecular flexibility index (Phi) is 2.57. The number of sulfonamides is 1. The van der Waals surface area contributed by atoms with Crippen LogP contribution in [0, 0.1) is 13.8 Å². The number of hydrogen-bond acceptors (Lipinski definition) is 4. The molecule has 0 aliphatic carbocycles. The van der Waals surface area contributed by atoms with E-state index in [2.05, 4.69) is 14.8 Å². The van der Waals surface area contributed by atoms with E-state index in [0.29, 0.717) is 11.5 Å². The van der Waals surface area contributed by atoms with Gasteiger partial charge in [-0.1, -0.05) is 0 Å². The third kappa shape index (κ3) is 2.23. The van der Waals surface area contributed by atoms with Crippen molar-refractivity contribution >= 4 is 26.9 Å². The van der Waals surface area contributed by atoms with Crippen LogP contribution in [0.1, 0.15) is 11.3 Å². The summed E-state index contributed by atoms with van der Waals surface area (Å²) in [5.41, 5.74) is 2.50. The second-order valence-electron chi connectivity index (χ2n) is 4.13. The first kappa shape index (κ1) is 11.8. The molecule has 0 aromatic carbocycles. The first-order chi connectivity index (χ1) is 7.78. The van der Waals surface area contributed by atoms with Crippen LogP contribution in [0.25, 0.3) is 11.0 Å². The minimum Gasteiger partial charge on any atom is -0.266 e. The molecule has 2 aromatic heterocycles. The number of nitrogens with zero attached hydrogens (tertiary/aromatic N) is 3. The number of aromatic nitrogens is 3. The summed E-state index contributed by atoms with van der Waals surface area (Å²) >= 11 is 0. The monoisotopic (exact) mass is 254 g/mol. The number of anilines is 1. The number of fused-ring (bicyclic) bond motifs is 1. The quantitative estimate of drug-likeness (QED) is 0.865. The van der Waals surface area contributed by atoms with Gasteiger partial charge in [-0.25, -0.2) is 18.1 Å². The van der Waals surface area contributed by atoms with Crippen molar-refractivity contribution < 1.29 is 8.42 Å². The molecule has 0 saturated heterocycles. The van der Waals surface area contributed by atoms with Crippen LogP contribution in [-0.2, 0) is 17.1 Å². The first-order valence-corrected chi connectivity index (χ1v) is 6.96. The lowest BCUT2D eigenvalue weighted by molar-refractivity contribution is 0.606. The second-order valence-corrected chi connectivity index (χ2v) is 5.87. The predicted molar refractivity (Wildman–Crippen MR) is 66.4 cm³/mol. The van der Waals surface area contributed by atoms with Crippen LogP contribution in [0.15, 0.2) is 6.07 Å². The molecule has 0 aliphatic heterocycles. The van der Waals surface area contributed by atoms with E-state index < -0.39 is 10.0 Å². The molecule has 2 aromatic rings. The Hall–Kier alpha value is -1.63. The van der Waals surface area contributed by atoms with Gasteiger partial charge in [0, 0.05) is 12.7 Å². The van der Waals surface area contributed by atoms with Crippen LogP contribution in [0.3, 0.4) is 0 Å². The number of nitrogens with one attached hydrogen (secondary N) is 1. The van der Waals surface area contributed by atoms with Gasteiger partial charge in [-0.3, -0.25) is 4.72 Å². The highest BCUT2D eigenvalue weighted by Gasteiger charge is 2.15. The van der Waals surface area contributed by atoms with E-state index in [1.54, 1.807) is 11.7 Å². The van der Waals surface area contributed by atoms with Gasteiger partial charge < -0.3 is 0 Å². The molecule has 0 saturated carbocycles. The molecule has 92 valence electrons. The van der Waals surface area contributed by atoms with Crippen molar-refractivity contribution in [3.05, 3.63) is 17.3 Å². The van der Waals surface area contributed by atoms with Gasteiger partial charge in [0.1, 0.15) is 0 Å². The van der Waals surface area contributed by atoms with E-state index in [1.807, 2.05) is 19.9 Å². The van der Waals surface area contributed by atoms with Crippen molar-refractivity contribution in [2.24, 2.45) is 7.05 Å². The van der Waals surface area contributed by atoms with Crippen LogP contribution in [0.5, 0.6) is 0 Å². The van der Waals surface area contributed by atoms with Gasteiger partial charge in [0.2, 0.25) is 10.0 Å². The Morgan fingerprint density at radius 3 is 2.59 bits per heavy atom. The molecule has 0 radical (unpaired) electrons. The smallest absolute Gasteiger partial charge is 0.231 e. The average molecular weight is 254 g/mol. The molecule has 1 N–H and O–H groups in total. The van der Waals surface area contributed by atoms with Crippen LogP contribution in [0.4, 0.5) is 5.82 Å². The zero-order valence-electron chi connectivity index (χ0n) is 10.1. The number of rotatable bonds is 2. The first-order valence-electron chi connectivity index (χ1n) is 5.06. The molecule has 0 unspecified atom stereocenters. The zero-order valence-corrected chi connectivity index (χ0v) is 11.0. The predicted octanol–water partition coefficient (Wildman–Crippen LogP) is 0.957. The molecule has 0 bridgehead atoms. The molecule has 0 spiro atoms. The SMILES string of the molecule is Cc1cc(C)c2c(NS(C)(=O)=O)nn(C)c2n1. The van der Waals surface area contributed by atoms with Gasteiger partial charge in [0.05, 0.1) is 11.6 Å². The van der Waals surface area contributed by atoms with Gasteiger partial charge in [0.25, 0.3) is 0 Å². The Bertz CT molecular complexity index is 688. The second kappa shape index (κ2) is 3.69. The molecular weight excluding hydrogens is 240 g/mol. The normalized spacial score (nSPS) is 12.0. The molecule has 6 nitrogen and oxygen atoms in total. The van der Waals surface area contributed by atoms with Gasteiger partial charge >= 0.3 is 0 Å². The van der Waals surface area contributed by atoms with Crippen LogP contribution in [0.2, 0.25) is 0 Å². The summed E-state index contributed by atoms with van der Waals surface area (Å²) in [7, 11) is -1.60. The summed E-state index contributed by atoms with van der Waals surface area (Å²) in [5, 5.41) is 4.88. The Morgan fingerprint density at radius 1 is 1.35 bits per heavy atom. The fourth-order valence-electron chi connectivity index (χ4n) is 1.84. The van der Waals surface area contributed by atoms with Crippen molar-refractivity contribution in [2.45, 2.75) is 13.8 Å². The van der Waals surface area contributed by atoms with Crippen LogP contribution in [-0.4, -0.2) is 29.4 Å². The number of hydrogen-bond donors (Lipinski definition) is 1. The van der Waals surface area contributed by atoms with Gasteiger partial charge in [-0.05, 0) is 25.5 Å². The minimum atomic E-state index is -3.34. The van der Waals surface area contributed by atoms with E-state index in [4.69, 9.17) is 0 Å². The largest absolute Gasteiger partial charge is 0.266 e. The summed E-state index contributed by atoms with van der Waals surface area (Å²) in [6.45, 7) is 3.80. The van der Waals surface area contributed by atoms with Crippen molar-refractivity contribution in [3.63, 3.8) is 0 Å². The third-order valence-electron chi connectivity index (χ3n) is 2.40. The zero-order chi connectivity index (χ0) is 12.8. The Morgan fingerprint density at radius 2 is 2.00 bits per heavy atom. The fourth-order valence-corrected chi connectivity index (χ4v) is 2.33. The molecule has 2 rings (SSSR count). The molecule has 7 heteroatoms. The Balaban J connectivity index is 2.74. The van der Waals surface area contributed by atoms with Crippen molar-refractivity contribution in [1.29, 1.82) is 0 Å². The number of aryl methyl sites for hydroxylation is 3. The minimum absolute atomic E-state index is 0.329. The summed E-state index contributed by atoms with van der Waals surface area (Å²) in [6, 6.07) is 1.90. The third-order valence-corrected chi connectivity index (χ3v) is 2.97. The molecule has 17 heavy (non-hydrogen) atoms. The summed E-state index contributed by atoms with van der Waals surface area (Å²) in [6.07, 6.45) is 1.10. The van der Waals surface area contributed by atoms with E-state index in [1.165, 1.54) is 0 Å². The van der Waals surface area contributed by atoms with E-state index in [-0.39, 0.29) is 0 Å². The summed E-state index contributed by atoms with van der Waals surface area (Å²) < 4.78 is 26.5. The van der Waals surface area contributed by atoms with Gasteiger partial charge in [-0.2, -0.15) is 5.10 Å². The van der Waals surface area contributed by atoms with Crippen molar-refractivity contribution in [2.75, 3.05) is 11.0 Å². The lowest BCUT2D eigenvalue weighted by Crippen LogP contribution is -2.10. The van der Waals surface area contributed by atoms with Crippen LogP contribution < -0.4 is 4.72 Å². The standard InChI is InChI=1S/C10H14N4O2S/c1-6-5-7(2)11-10-8(6)9(12-14(10)3)13-17(4,15)16/h5H,1-4H3,(H,12,13). The Labute approximate surface area is 99.7 Å². The van der Waals surface area contributed by atoms with E-state index >= 15 is 0 Å². The lowest BCUT2D eigenvalue weighted by Gasteiger charge is -2.02. The maximum atomic E-state index is 11.3. The number of pyridine rings is 1. The molecule has 0 amide bonds. The maximum Gasteiger partial charge on any atom is 0.231 e. The maximum absolute atomic E-state index is 11.3. The topological polar surface area (TPSA) is 76.9 Å². The summed E-state index contributed by atoms with van der Waals surface area (Å²) in [4.78, 5) is 4.35. The van der Waals surface area contributed by atoms with E-state index in [9.17, 15) is 8.42 Å². The molecule has 2 heterocycles. The lowest BCUT2D eigenvalue weighted by atomic mass is 10.2. The van der Waals surface area contributed by atoms with Crippen molar-refractivity contribution in [3.8, 4) is 0 Å². The molecule has 0 atom stereocenters. The highest BCUT2D eigenvalue weighted by Crippen LogP contribution is 2.25. The van der Waals surface area contributed by atoms with Gasteiger partial charge in [-0.15, -0.1) is 0 Å². The fraction of sp³-hybridized carbons (Fsp3) is 0.400. The molecular formula is C10H14N4O2S.